The van der Waals surface area contributed by atoms with Crippen LogP contribution in [0.3, 0.4) is 0 Å². The third-order valence-corrected chi connectivity index (χ3v) is 4.39. The molecule has 1 aromatic carbocycles. The van der Waals surface area contributed by atoms with Gasteiger partial charge in [0.2, 0.25) is 5.91 Å². The number of carbonyl (C=O) groups excluding carboxylic acids is 1. The number of rotatable bonds is 4. The first-order chi connectivity index (χ1) is 12.5. The summed E-state index contributed by atoms with van der Waals surface area (Å²) in [6.07, 6.45) is 2.33. The van der Waals surface area contributed by atoms with Crippen LogP contribution in [0.25, 0.3) is 16.8 Å². The minimum Gasteiger partial charge on any atom is -0.326 e. The lowest BCUT2D eigenvalue weighted by Crippen LogP contribution is -2.14. The van der Waals surface area contributed by atoms with E-state index in [-0.39, 0.29) is 11.6 Å². The van der Waals surface area contributed by atoms with Crippen molar-refractivity contribution in [3.8, 4) is 0 Å². The summed E-state index contributed by atoms with van der Waals surface area (Å²) in [5, 5.41) is 7.01. The molecule has 9 heteroatoms. The number of nitrogens with one attached hydrogen (secondary N) is 3. The first kappa shape index (κ1) is 16.0. The van der Waals surface area contributed by atoms with Crippen LogP contribution in [0.1, 0.15) is 23.4 Å². The van der Waals surface area contributed by atoms with Crippen LogP contribution >= 0.6 is 0 Å². The lowest BCUT2D eigenvalue weighted by Gasteiger charge is -2.10. The van der Waals surface area contributed by atoms with Gasteiger partial charge in [0.25, 0.3) is 5.78 Å². The number of aromatic nitrogens is 6. The molecule has 0 bridgehead atoms. The Bertz CT molecular complexity index is 1180. The van der Waals surface area contributed by atoms with E-state index < -0.39 is 0 Å². The van der Waals surface area contributed by atoms with Crippen LogP contribution in [0.4, 0.5) is 5.69 Å². The van der Waals surface area contributed by atoms with Gasteiger partial charge in [-0.05, 0) is 44.0 Å². The van der Waals surface area contributed by atoms with E-state index in [1.807, 2.05) is 13.8 Å². The standard InChI is InChI=1S/C17H17N7O2/c1-9-12(10(2)24-16(20-9)18-8-19-24)4-6-15(25)21-11-3-5-13-14(7-11)23-17(26)22-13/h3,5,7-8H,4,6H2,1-2H3,(H,21,25)(H2,22,23,26). The first-order valence-corrected chi connectivity index (χ1v) is 8.19. The maximum absolute atomic E-state index is 12.3. The fourth-order valence-corrected chi connectivity index (χ4v) is 3.09. The Hall–Kier alpha value is -3.49. The van der Waals surface area contributed by atoms with Crippen molar-refractivity contribution >= 4 is 28.4 Å². The molecule has 0 aliphatic carbocycles. The zero-order chi connectivity index (χ0) is 18.3. The second-order valence-electron chi connectivity index (χ2n) is 6.12. The second kappa shape index (κ2) is 6.10. The van der Waals surface area contributed by atoms with Gasteiger partial charge in [-0.1, -0.05) is 0 Å². The number of hydrogen-bond acceptors (Lipinski definition) is 5. The molecule has 0 radical (unpaired) electrons. The average molecular weight is 351 g/mol. The Balaban J connectivity index is 1.49. The highest BCUT2D eigenvalue weighted by Gasteiger charge is 2.13. The molecule has 9 nitrogen and oxygen atoms in total. The summed E-state index contributed by atoms with van der Waals surface area (Å²) in [4.78, 5) is 37.5. The third kappa shape index (κ3) is 2.83. The number of hydrogen-bond donors (Lipinski definition) is 3. The number of H-pyrrole nitrogens is 2. The quantitative estimate of drug-likeness (QED) is 0.514. The van der Waals surface area contributed by atoms with Gasteiger partial charge < -0.3 is 15.3 Å². The molecule has 26 heavy (non-hydrogen) atoms. The molecule has 0 spiro atoms. The molecule has 0 saturated heterocycles. The number of nitrogens with zero attached hydrogens (tertiary/aromatic N) is 4. The van der Waals surface area contributed by atoms with Crippen molar-refractivity contribution in [2.24, 2.45) is 0 Å². The Morgan fingerprint density at radius 2 is 2.04 bits per heavy atom. The molecule has 0 aliphatic heterocycles. The lowest BCUT2D eigenvalue weighted by atomic mass is 10.1. The monoisotopic (exact) mass is 351 g/mol. The zero-order valence-corrected chi connectivity index (χ0v) is 14.3. The first-order valence-electron chi connectivity index (χ1n) is 8.19. The smallest absolute Gasteiger partial charge is 0.323 e. The van der Waals surface area contributed by atoms with Crippen molar-refractivity contribution in [3.05, 3.63) is 52.0 Å². The van der Waals surface area contributed by atoms with Crippen molar-refractivity contribution in [2.75, 3.05) is 5.32 Å². The fourth-order valence-electron chi connectivity index (χ4n) is 3.09. The van der Waals surface area contributed by atoms with Crippen LogP contribution in [0.2, 0.25) is 0 Å². The van der Waals surface area contributed by atoms with Gasteiger partial charge in [-0.25, -0.2) is 14.3 Å². The van der Waals surface area contributed by atoms with Crippen molar-refractivity contribution in [1.29, 1.82) is 0 Å². The zero-order valence-electron chi connectivity index (χ0n) is 14.3. The van der Waals surface area contributed by atoms with E-state index in [1.165, 1.54) is 6.33 Å². The second-order valence-corrected chi connectivity index (χ2v) is 6.12. The van der Waals surface area contributed by atoms with Crippen LogP contribution in [0, 0.1) is 13.8 Å². The number of benzene rings is 1. The van der Waals surface area contributed by atoms with Crippen LogP contribution in [-0.4, -0.2) is 35.5 Å². The summed E-state index contributed by atoms with van der Waals surface area (Å²) in [6, 6.07) is 5.23. The van der Waals surface area contributed by atoms with Crippen LogP contribution in [-0.2, 0) is 11.2 Å². The Labute approximate surface area is 147 Å². The van der Waals surface area contributed by atoms with Gasteiger partial charge in [-0.2, -0.15) is 10.1 Å². The lowest BCUT2D eigenvalue weighted by molar-refractivity contribution is -0.116. The number of aryl methyl sites for hydroxylation is 2. The summed E-state index contributed by atoms with van der Waals surface area (Å²) < 4.78 is 1.68. The number of anilines is 1. The summed E-state index contributed by atoms with van der Waals surface area (Å²) in [6.45, 7) is 3.85. The van der Waals surface area contributed by atoms with Crippen LogP contribution in [0.15, 0.2) is 29.3 Å². The van der Waals surface area contributed by atoms with Crippen molar-refractivity contribution in [1.82, 2.24) is 29.5 Å². The Kier molecular flexibility index (Phi) is 3.76. The van der Waals surface area contributed by atoms with Crippen LogP contribution in [0.5, 0.6) is 0 Å². The van der Waals surface area contributed by atoms with Gasteiger partial charge >= 0.3 is 5.69 Å². The molecule has 132 valence electrons. The van der Waals surface area contributed by atoms with Crippen molar-refractivity contribution < 1.29 is 4.79 Å². The molecule has 3 heterocycles. The van der Waals surface area contributed by atoms with Gasteiger partial charge in [0, 0.05) is 23.5 Å². The van der Waals surface area contributed by atoms with E-state index in [2.05, 4.69) is 30.4 Å². The van der Waals surface area contributed by atoms with E-state index in [0.717, 1.165) is 17.0 Å². The van der Waals surface area contributed by atoms with E-state index in [4.69, 9.17) is 0 Å². The molecule has 3 aromatic heterocycles. The largest absolute Gasteiger partial charge is 0.326 e. The summed E-state index contributed by atoms with van der Waals surface area (Å²) >= 11 is 0. The highest BCUT2D eigenvalue weighted by molar-refractivity contribution is 5.93. The highest BCUT2D eigenvalue weighted by Crippen LogP contribution is 2.17. The highest BCUT2D eigenvalue weighted by atomic mass is 16.1. The van der Waals surface area contributed by atoms with Crippen molar-refractivity contribution in [3.63, 3.8) is 0 Å². The number of carbonyl (C=O) groups is 1. The molecule has 0 aliphatic rings. The predicted molar refractivity (Wildman–Crippen MR) is 96.1 cm³/mol. The molecule has 0 fully saturated rings. The SMILES string of the molecule is Cc1nc2ncnn2c(C)c1CCC(=O)Nc1ccc2[nH]c(=O)[nH]c2c1. The topological polar surface area (TPSA) is 121 Å². The molecular formula is C17H17N7O2. The molecule has 4 aromatic rings. The summed E-state index contributed by atoms with van der Waals surface area (Å²) in [5.41, 5.74) is 4.49. The third-order valence-electron chi connectivity index (χ3n) is 4.39. The van der Waals surface area contributed by atoms with Gasteiger partial charge in [0.15, 0.2) is 0 Å². The number of fused-ring (bicyclic) bond motifs is 2. The summed E-state index contributed by atoms with van der Waals surface area (Å²) in [5.74, 6) is 0.446. The van der Waals surface area contributed by atoms with E-state index in [1.54, 1.807) is 22.7 Å². The van der Waals surface area contributed by atoms with E-state index in [9.17, 15) is 9.59 Å². The maximum atomic E-state index is 12.3. The Morgan fingerprint density at radius 1 is 1.23 bits per heavy atom. The Morgan fingerprint density at radius 3 is 2.88 bits per heavy atom. The molecule has 4 rings (SSSR count). The van der Waals surface area contributed by atoms with Gasteiger partial charge in [-0.3, -0.25) is 4.79 Å². The molecule has 0 unspecified atom stereocenters. The molecule has 3 N–H and O–H groups in total. The fraction of sp³-hybridized carbons (Fsp3) is 0.235. The summed E-state index contributed by atoms with van der Waals surface area (Å²) in [7, 11) is 0. The number of aromatic amines is 2. The van der Waals surface area contributed by atoms with Crippen molar-refractivity contribution in [2.45, 2.75) is 26.7 Å². The van der Waals surface area contributed by atoms with Gasteiger partial charge in [-0.15, -0.1) is 0 Å². The van der Waals surface area contributed by atoms with E-state index >= 15 is 0 Å². The van der Waals surface area contributed by atoms with Crippen LogP contribution < -0.4 is 11.0 Å². The molecule has 1 amide bonds. The number of imidazole rings is 1. The number of amides is 1. The minimum absolute atomic E-state index is 0.111. The van der Waals surface area contributed by atoms with Gasteiger partial charge in [0.05, 0.1) is 11.0 Å². The molecule has 0 atom stereocenters. The maximum Gasteiger partial charge on any atom is 0.323 e. The normalized spacial score (nSPS) is 11.3. The molecular weight excluding hydrogens is 334 g/mol. The predicted octanol–water partition coefficient (Wildman–Crippen LogP) is 1.48. The minimum atomic E-state index is -0.273. The van der Waals surface area contributed by atoms with E-state index in [0.29, 0.717) is 35.3 Å². The molecule has 0 saturated carbocycles. The van der Waals surface area contributed by atoms with Gasteiger partial charge in [0.1, 0.15) is 6.33 Å². The average Bonchev–Trinajstić information content (AvgIpc) is 3.19.